The van der Waals surface area contributed by atoms with Gasteiger partial charge in [0.1, 0.15) is 0 Å². The van der Waals surface area contributed by atoms with Gasteiger partial charge in [-0.2, -0.15) is 0 Å². The van der Waals surface area contributed by atoms with Crippen molar-refractivity contribution in [3.05, 3.63) is 33.7 Å². The normalized spacial score (nSPS) is 21.9. The van der Waals surface area contributed by atoms with Crippen molar-refractivity contribution in [2.45, 2.75) is 26.2 Å². The van der Waals surface area contributed by atoms with Crippen molar-refractivity contribution in [3.8, 4) is 0 Å². The Kier molecular flexibility index (Phi) is 1.75. The van der Waals surface area contributed by atoms with Crippen LogP contribution in [0.2, 0.25) is 0 Å². The van der Waals surface area contributed by atoms with Gasteiger partial charge in [-0.15, -0.1) is 0 Å². The highest BCUT2D eigenvalue weighted by molar-refractivity contribution is 5.22. The SMILES string of the molecule is C[C@@H]1CCc2ccc(=O)[nH]c2C1. The summed E-state index contributed by atoms with van der Waals surface area (Å²) >= 11 is 0. The van der Waals surface area contributed by atoms with E-state index in [1.54, 1.807) is 6.07 Å². The van der Waals surface area contributed by atoms with E-state index in [-0.39, 0.29) is 5.56 Å². The molecule has 1 aromatic rings. The van der Waals surface area contributed by atoms with Gasteiger partial charge in [0.05, 0.1) is 0 Å². The van der Waals surface area contributed by atoms with Crippen LogP contribution >= 0.6 is 0 Å². The molecular formula is C10H13NO. The maximum Gasteiger partial charge on any atom is 0.248 e. The molecule has 2 rings (SSSR count). The van der Waals surface area contributed by atoms with Crippen molar-refractivity contribution in [3.63, 3.8) is 0 Å². The average molecular weight is 163 g/mol. The summed E-state index contributed by atoms with van der Waals surface area (Å²) in [6.07, 6.45) is 3.40. The lowest BCUT2D eigenvalue weighted by Gasteiger charge is -2.20. The first-order valence-corrected chi connectivity index (χ1v) is 4.47. The van der Waals surface area contributed by atoms with E-state index in [1.807, 2.05) is 6.07 Å². The molecule has 1 aliphatic rings. The standard InChI is InChI=1S/C10H13NO/c1-7-2-3-8-4-5-10(12)11-9(8)6-7/h4-5,7H,2-3,6H2,1H3,(H,11,12)/t7-/m1/s1. The van der Waals surface area contributed by atoms with Gasteiger partial charge in [-0.05, 0) is 30.7 Å². The quantitative estimate of drug-likeness (QED) is 0.617. The molecule has 0 aromatic carbocycles. The van der Waals surface area contributed by atoms with Crippen LogP contribution in [0.5, 0.6) is 0 Å². The Hall–Kier alpha value is -1.05. The number of hydrogen-bond donors (Lipinski definition) is 1. The molecule has 0 saturated carbocycles. The van der Waals surface area contributed by atoms with Gasteiger partial charge in [0, 0.05) is 11.8 Å². The summed E-state index contributed by atoms with van der Waals surface area (Å²) in [5.74, 6) is 0.718. The maximum absolute atomic E-state index is 11.0. The molecule has 64 valence electrons. The Morgan fingerprint density at radius 3 is 3.17 bits per heavy atom. The molecule has 0 fully saturated rings. The maximum atomic E-state index is 11.0. The number of aryl methyl sites for hydroxylation is 1. The Morgan fingerprint density at radius 2 is 2.33 bits per heavy atom. The minimum atomic E-state index is 0.0304. The van der Waals surface area contributed by atoms with Gasteiger partial charge in [-0.1, -0.05) is 13.0 Å². The lowest BCUT2D eigenvalue weighted by Crippen LogP contribution is -2.17. The second kappa shape index (κ2) is 2.77. The predicted octanol–water partition coefficient (Wildman–Crippen LogP) is 1.50. The fourth-order valence-corrected chi connectivity index (χ4v) is 1.82. The molecule has 1 N–H and O–H groups in total. The number of aromatic nitrogens is 1. The van der Waals surface area contributed by atoms with E-state index < -0.39 is 0 Å². The smallest absolute Gasteiger partial charge is 0.248 e. The Bertz CT molecular complexity index is 340. The molecule has 0 radical (unpaired) electrons. The van der Waals surface area contributed by atoms with Gasteiger partial charge in [0.2, 0.25) is 5.56 Å². The topological polar surface area (TPSA) is 32.9 Å². The third kappa shape index (κ3) is 1.29. The van der Waals surface area contributed by atoms with Crippen LogP contribution in [-0.4, -0.2) is 4.98 Å². The molecule has 2 heteroatoms. The number of aromatic amines is 1. The Morgan fingerprint density at radius 1 is 1.50 bits per heavy atom. The predicted molar refractivity (Wildman–Crippen MR) is 48.3 cm³/mol. The van der Waals surface area contributed by atoms with E-state index in [9.17, 15) is 4.79 Å². The van der Waals surface area contributed by atoms with Crippen molar-refractivity contribution in [2.24, 2.45) is 5.92 Å². The van der Waals surface area contributed by atoms with Crippen LogP contribution in [-0.2, 0) is 12.8 Å². The summed E-state index contributed by atoms with van der Waals surface area (Å²) in [5.41, 5.74) is 2.51. The van der Waals surface area contributed by atoms with Gasteiger partial charge in [0.15, 0.2) is 0 Å². The van der Waals surface area contributed by atoms with Crippen molar-refractivity contribution in [2.75, 3.05) is 0 Å². The van der Waals surface area contributed by atoms with Crippen LogP contribution in [0.4, 0.5) is 0 Å². The third-order valence-corrected chi connectivity index (χ3v) is 2.56. The second-order valence-electron chi connectivity index (χ2n) is 3.67. The van der Waals surface area contributed by atoms with Crippen LogP contribution in [0.1, 0.15) is 24.6 Å². The van der Waals surface area contributed by atoms with Crippen LogP contribution < -0.4 is 5.56 Å². The number of rotatable bonds is 0. The molecule has 0 aliphatic heterocycles. The first kappa shape index (κ1) is 7.59. The lowest BCUT2D eigenvalue weighted by molar-refractivity contribution is 0.491. The summed E-state index contributed by atoms with van der Waals surface area (Å²) in [7, 11) is 0. The van der Waals surface area contributed by atoms with Crippen molar-refractivity contribution in [1.29, 1.82) is 0 Å². The van der Waals surface area contributed by atoms with Gasteiger partial charge < -0.3 is 4.98 Å². The van der Waals surface area contributed by atoms with E-state index >= 15 is 0 Å². The van der Waals surface area contributed by atoms with Gasteiger partial charge >= 0.3 is 0 Å². The summed E-state index contributed by atoms with van der Waals surface area (Å²) in [5, 5.41) is 0. The third-order valence-electron chi connectivity index (χ3n) is 2.56. The number of fused-ring (bicyclic) bond motifs is 1. The van der Waals surface area contributed by atoms with E-state index in [2.05, 4.69) is 11.9 Å². The van der Waals surface area contributed by atoms with Crippen molar-refractivity contribution < 1.29 is 0 Å². The molecule has 0 bridgehead atoms. The molecule has 1 atom stereocenters. The molecule has 2 nitrogen and oxygen atoms in total. The Labute approximate surface area is 71.6 Å². The average Bonchev–Trinajstić information content (AvgIpc) is 2.03. The van der Waals surface area contributed by atoms with Crippen LogP contribution in [0.25, 0.3) is 0 Å². The van der Waals surface area contributed by atoms with Crippen LogP contribution in [0, 0.1) is 5.92 Å². The zero-order valence-corrected chi connectivity index (χ0v) is 7.26. The van der Waals surface area contributed by atoms with E-state index in [0.717, 1.165) is 24.5 Å². The van der Waals surface area contributed by atoms with E-state index in [0.29, 0.717) is 0 Å². The monoisotopic (exact) mass is 163 g/mol. The minimum Gasteiger partial charge on any atom is -0.326 e. The second-order valence-corrected chi connectivity index (χ2v) is 3.67. The van der Waals surface area contributed by atoms with E-state index in [1.165, 1.54) is 12.0 Å². The number of pyridine rings is 1. The number of hydrogen-bond acceptors (Lipinski definition) is 1. The summed E-state index contributed by atoms with van der Waals surface area (Å²) in [4.78, 5) is 13.9. The highest BCUT2D eigenvalue weighted by Gasteiger charge is 2.14. The van der Waals surface area contributed by atoms with Crippen molar-refractivity contribution in [1.82, 2.24) is 4.98 Å². The molecule has 0 unspecified atom stereocenters. The first-order valence-electron chi connectivity index (χ1n) is 4.47. The molecule has 0 saturated heterocycles. The van der Waals surface area contributed by atoms with Gasteiger partial charge in [0.25, 0.3) is 0 Å². The van der Waals surface area contributed by atoms with Crippen molar-refractivity contribution >= 4 is 0 Å². The molecule has 0 amide bonds. The van der Waals surface area contributed by atoms with Crippen LogP contribution in [0.3, 0.4) is 0 Å². The summed E-state index contributed by atoms with van der Waals surface area (Å²) in [6.45, 7) is 2.23. The molecular weight excluding hydrogens is 150 g/mol. The summed E-state index contributed by atoms with van der Waals surface area (Å²) in [6, 6.07) is 3.58. The summed E-state index contributed by atoms with van der Waals surface area (Å²) < 4.78 is 0. The van der Waals surface area contributed by atoms with Gasteiger partial charge in [-0.25, -0.2) is 0 Å². The highest BCUT2D eigenvalue weighted by atomic mass is 16.1. The lowest BCUT2D eigenvalue weighted by atomic mass is 9.88. The molecule has 1 aromatic heterocycles. The zero-order valence-electron chi connectivity index (χ0n) is 7.26. The molecule has 1 aliphatic carbocycles. The zero-order chi connectivity index (χ0) is 8.55. The van der Waals surface area contributed by atoms with Crippen LogP contribution in [0.15, 0.2) is 16.9 Å². The van der Waals surface area contributed by atoms with Gasteiger partial charge in [-0.3, -0.25) is 4.79 Å². The number of nitrogens with one attached hydrogen (secondary N) is 1. The molecule has 0 spiro atoms. The number of H-pyrrole nitrogens is 1. The fraction of sp³-hybridized carbons (Fsp3) is 0.500. The molecule has 12 heavy (non-hydrogen) atoms. The fourth-order valence-electron chi connectivity index (χ4n) is 1.82. The van der Waals surface area contributed by atoms with E-state index in [4.69, 9.17) is 0 Å². The molecule has 1 heterocycles. The highest BCUT2D eigenvalue weighted by Crippen LogP contribution is 2.21. The first-order chi connectivity index (χ1) is 5.75. The largest absolute Gasteiger partial charge is 0.326 e. The Balaban J connectivity index is 2.44. The minimum absolute atomic E-state index is 0.0304.